The van der Waals surface area contributed by atoms with Gasteiger partial charge in [-0.25, -0.2) is 4.98 Å². The number of aromatic nitrogens is 3. The predicted octanol–water partition coefficient (Wildman–Crippen LogP) is 1.33. The van der Waals surface area contributed by atoms with E-state index in [4.69, 9.17) is 17.3 Å². The average molecular weight is 280 g/mol. The van der Waals surface area contributed by atoms with Gasteiger partial charge in [0.1, 0.15) is 5.82 Å². The van der Waals surface area contributed by atoms with Gasteiger partial charge in [-0.1, -0.05) is 11.6 Å². The maximum atomic E-state index is 12.0. The Morgan fingerprint density at radius 2 is 2.42 bits per heavy atom. The van der Waals surface area contributed by atoms with Crippen molar-refractivity contribution in [3.8, 4) is 0 Å². The van der Waals surface area contributed by atoms with E-state index < -0.39 is 0 Å². The normalized spacial score (nSPS) is 12.1. The van der Waals surface area contributed by atoms with Crippen molar-refractivity contribution < 1.29 is 4.79 Å². The number of nitrogens with one attached hydrogen (secondary N) is 1. The number of rotatable bonds is 4. The zero-order valence-electron chi connectivity index (χ0n) is 10.4. The van der Waals surface area contributed by atoms with Crippen molar-refractivity contribution in [2.24, 2.45) is 0 Å². The van der Waals surface area contributed by atoms with Crippen LogP contribution in [0.2, 0.25) is 5.02 Å². The molecule has 3 N–H and O–H groups in total. The van der Waals surface area contributed by atoms with Crippen molar-refractivity contribution in [3.63, 3.8) is 0 Å². The number of pyridine rings is 1. The Hall–Kier alpha value is -2.08. The molecule has 0 saturated carbocycles. The minimum absolute atomic E-state index is 0.0853. The Kier molecular flexibility index (Phi) is 4.01. The maximum Gasteiger partial charge on any atom is 0.253 e. The molecule has 1 unspecified atom stereocenters. The molecule has 1 amide bonds. The first kappa shape index (κ1) is 13.4. The lowest BCUT2D eigenvalue weighted by atomic mass is 10.2. The quantitative estimate of drug-likeness (QED) is 0.884. The van der Waals surface area contributed by atoms with Crippen LogP contribution in [-0.4, -0.2) is 26.7 Å². The van der Waals surface area contributed by atoms with E-state index >= 15 is 0 Å². The molecule has 0 bridgehead atoms. The number of carbonyl (C=O) groups is 1. The highest BCUT2D eigenvalue weighted by molar-refractivity contribution is 6.33. The predicted molar refractivity (Wildman–Crippen MR) is 72.8 cm³/mol. The summed E-state index contributed by atoms with van der Waals surface area (Å²) in [6.07, 6.45) is 4.89. The molecule has 0 fully saturated rings. The summed E-state index contributed by atoms with van der Waals surface area (Å²) < 4.78 is 1.74. The summed E-state index contributed by atoms with van der Waals surface area (Å²) in [7, 11) is 0. The highest BCUT2D eigenvalue weighted by atomic mass is 35.5. The van der Waals surface area contributed by atoms with Crippen molar-refractivity contribution in [3.05, 3.63) is 41.3 Å². The largest absolute Gasteiger partial charge is 0.384 e. The molecule has 6 nitrogen and oxygen atoms in total. The second-order valence-corrected chi connectivity index (χ2v) is 4.60. The van der Waals surface area contributed by atoms with E-state index in [-0.39, 0.29) is 22.8 Å². The highest BCUT2D eigenvalue weighted by Crippen LogP contribution is 2.16. The van der Waals surface area contributed by atoms with Crippen LogP contribution in [0, 0.1) is 0 Å². The van der Waals surface area contributed by atoms with Crippen molar-refractivity contribution in [2.45, 2.75) is 19.5 Å². The van der Waals surface area contributed by atoms with Gasteiger partial charge in [0.25, 0.3) is 5.91 Å². The number of anilines is 1. The Morgan fingerprint density at radius 3 is 3.11 bits per heavy atom. The molecule has 2 rings (SSSR count). The number of hydrogen-bond donors (Lipinski definition) is 2. The number of nitrogens with zero attached hydrogens (tertiary/aromatic N) is 3. The van der Waals surface area contributed by atoms with Gasteiger partial charge < -0.3 is 11.1 Å². The van der Waals surface area contributed by atoms with Crippen molar-refractivity contribution in [2.75, 3.05) is 5.73 Å². The monoisotopic (exact) mass is 279 g/mol. The first-order valence-corrected chi connectivity index (χ1v) is 6.13. The molecular weight excluding hydrogens is 266 g/mol. The van der Waals surface area contributed by atoms with Gasteiger partial charge in [0.05, 0.1) is 17.1 Å². The second-order valence-electron chi connectivity index (χ2n) is 4.19. The van der Waals surface area contributed by atoms with E-state index in [1.165, 1.54) is 12.3 Å². The zero-order valence-corrected chi connectivity index (χ0v) is 11.1. The van der Waals surface area contributed by atoms with Gasteiger partial charge in [0.2, 0.25) is 0 Å². The SMILES string of the molecule is CC(Cn1cccn1)NC(=O)c1cc(N)ncc1Cl. The minimum atomic E-state index is -0.279. The van der Waals surface area contributed by atoms with E-state index in [1.54, 1.807) is 10.9 Å². The summed E-state index contributed by atoms with van der Waals surface area (Å²) in [5.74, 6) is -0.0203. The fourth-order valence-electron chi connectivity index (χ4n) is 1.67. The van der Waals surface area contributed by atoms with E-state index in [9.17, 15) is 4.79 Å². The van der Waals surface area contributed by atoms with E-state index in [2.05, 4.69) is 15.4 Å². The molecule has 0 radical (unpaired) electrons. The summed E-state index contributed by atoms with van der Waals surface area (Å²) in [5, 5.41) is 7.19. The van der Waals surface area contributed by atoms with Gasteiger partial charge in [-0.15, -0.1) is 0 Å². The molecule has 0 aliphatic rings. The lowest BCUT2D eigenvalue weighted by molar-refractivity contribution is 0.0936. The third-order valence-electron chi connectivity index (χ3n) is 2.52. The number of amides is 1. The van der Waals surface area contributed by atoms with Crippen LogP contribution >= 0.6 is 11.6 Å². The fraction of sp³-hybridized carbons (Fsp3) is 0.250. The number of hydrogen-bond acceptors (Lipinski definition) is 4. The molecule has 2 heterocycles. The molecule has 0 aromatic carbocycles. The van der Waals surface area contributed by atoms with Gasteiger partial charge in [-0.2, -0.15) is 5.10 Å². The van der Waals surface area contributed by atoms with Gasteiger partial charge in [0, 0.05) is 24.6 Å². The van der Waals surface area contributed by atoms with E-state index in [0.29, 0.717) is 12.1 Å². The standard InChI is InChI=1S/C12H14ClN5O/c1-8(7-18-4-2-3-16-18)17-12(19)9-5-11(14)15-6-10(9)13/h2-6,8H,7H2,1H3,(H2,14,15)(H,17,19). The number of nitrogen functional groups attached to an aromatic ring is 1. The molecule has 0 aliphatic carbocycles. The molecule has 0 spiro atoms. The lowest BCUT2D eigenvalue weighted by Gasteiger charge is -2.14. The van der Waals surface area contributed by atoms with Crippen LogP contribution in [0.3, 0.4) is 0 Å². The molecule has 7 heteroatoms. The van der Waals surface area contributed by atoms with Gasteiger partial charge in [0.15, 0.2) is 0 Å². The Balaban J connectivity index is 2.02. The first-order chi connectivity index (χ1) is 9.06. The van der Waals surface area contributed by atoms with Crippen molar-refractivity contribution in [1.29, 1.82) is 0 Å². The van der Waals surface area contributed by atoms with Crippen molar-refractivity contribution in [1.82, 2.24) is 20.1 Å². The molecule has 0 aliphatic heterocycles. The third kappa shape index (κ3) is 3.45. The van der Waals surface area contributed by atoms with Crippen molar-refractivity contribution >= 4 is 23.3 Å². The topological polar surface area (TPSA) is 85.8 Å². The van der Waals surface area contributed by atoms with Gasteiger partial charge >= 0.3 is 0 Å². The molecular formula is C12H14ClN5O. The van der Waals surface area contributed by atoms with Crippen LogP contribution in [0.1, 0.15) is 17.3 Å². The first-order valence-electron chi connectivity index (χ1n) is 5.75. The molecule has 19 heavy (non-hydrogen) atoms. The Morgan fingerprint density at radius 1 is 1.63 bits per heavy atom. The van der Waals surface area contributed by atoms with Crippen LogP contribution in [0.15, 0.2) is 30.7 Å². The average Bonchev–Trinajstić information content (AvgIpc) is 2.84. The van der Waals surface area contributed by atoms with Crippen LogP contribution in [0.25, 0.3) is 0 Å². The molecule has 2 aromatic rings. The van der Waals surface area contributed by atoms with Crippen LogP contribution < -0.4 is 11.1 Å². The second kappa shape index (κ2) is 5.71. The number of nitrogens with two attached hydrogens (primary N) is 1. The van der Waals surface area contributed by atoms with Crippen LogP contribution in [0.5, 0.6) is 0 Å². The van der Waals surface area contributed by atoms with E-state index in [1.807, 2.05) is 19.2 Å². The lowest BCUT2D eigenvalue weighted by Crippen LogP contribution is -2.36. The maximum absolute atomic E-state index is 12.0. The highest BCUT2D eigenvalue weighted by Gasteiger charge is 2.14. The summed E-state index contributed by atoms with van der Waals surface area (Å²) >= 11 is 5.92. The van der Waals surface area contributed by atoms with E-state index in [0.717, 1.165) is 0 Å². The van der Waals surface area contributed by atoms with Crippen LogP contribution in [-0.2, 0) is 6.54 Å². The molecule has 1 atom stereocenters. The summed E-state index contributed by atoms with van der Waals surface area (Å²) in [6, 6.07) is 3.20. The molecule has 100 valence electrons. The fourth-order valence-corrected chi connectivity index (χ4v) is 1.85. The van der Waals surface area contributed by atoms with Crippen LogP contribution in [0.4, 0.5) is 5.82 Å². The summed E-state index contributed by atoms with van der Waals surface area (Å²) in [4.78, 5) is 15.9. The summed E-state index contributed by atoms with van der Waals surface area (Å²) in [6.45, 7) is 2.47. The van der Waals surface area contributed by atoms with Gasteiger partial charge in [-0.3, -0.25) is 9.48 Å². The minimum Gasteiger partial charge on any atom is -0.384 e. The summed E-state index contributed by atoms with van der Waals surface area (Å²) in [5.41, 5.74) is 5.86. The Labute approximate surface area is 115 Å². The number of carbonyl (C=O) groups excluding carboxylic acids is 1. The molecule has 0 saturated heterocycles. The third-order valence-corrected chi connectivity index (χ3v) is 2.82. The Bertz CT molecular complexity index is 570. The smallest absolute Gasteiger partial charge is 0.253 e. The van der Waals surface area contributed by atoms with Gasteiger partial charge in [-0.05, 0) is 19.1 Å². The zero-order chi connectivity index (χ0) is 13.8. The molecule has 2 aromatic heterocycles. The number of halogens is 1.